The number of hydrogen-bond acceptors (Lipinski definition) is 3. The van der Waals surface area contributed by atoms with Gasteiger partial charge in [0.2, 0.25) is 0 Å². The Labute approximate surface area is 93.9 Å². The van der Waals surface area contributed by atoms with Gasteiger partial charge in [-0.1, -0.05) is 24.3 Å². The van der Waals surface area contributed by atoms with Crippen molar-refractivity contribution in [2.75, 3.05) is 13.7 Å². The lowest BCUT2D eigenvalue weighted by molar-refractivity contribution is 0.177. The second kappa shape index (κ2) is 4.70. The number of methoxy groups -OCH3 is 1. The molecule has 16 heavy (non-hydrogen) atoms. The van der Waals surface area contributed by atoms with Gasteiger partial charge >= 0.3 is 6.09 Å². The Balaban J connectivity index is 1.97. The van der Waals surface area contributed by atoms with Crippen LogP contribution in [0.4, 0.5) is 4.79 Å². The molecule has 0 saturated carbocycles. The van der Waals surface area contributed by atoms with Crippen molar-refractivity contribution in [3.8, 4) is 5.75 Å². The number of rotatable bonds is 3. The first-order valence-corrected chi connectivity index (χ1v) is 5.03. The third-order valence-electron chi connectivity index (χ3n) is 2.33. The molecule has 1 N–H and O–H groups in total. The number of nitrogens with one attached hydrogen (secondary N) is 1. The molecule has 0 bridgehead atoms. The average Bonchev–Trinajstić information content (AvgIpc) is 2.73. The van der Waals surface area contributed by atoms with E-state index in [9.17, 15) is 4.79 Å². The molecule has 1 amide bonds. The zero-order chi connectivity index (χ0) is 11.4. The van der Waals surface area contributed by atoms with Crippen LogP contribution in [0.15, 0.2) is 30.3 Å². The maximum atomic E-state index is 10.8. The normalized spacial score (nSPS) is 19.6. The van der Waals surface area contributed by atoms with Crippen LogP contribution in [-0.4, -0.2) is 25.9 Å². The van der Waals surface area contributed by atoms with E-state index >= 15 is 0 Å². The summed E-state index contributed by atoms with van der Waals surface area (Å²) in [7, 11) is 1.64. The second-order valence-electron chi connectivity index (χ2n) is 3.48. The third kappa shape index (κ3) is 2.53. The van der Waals surface area contributed by atoms with E-state index in [1.54, 1.807) is 7.11 Å². The number of carbonyl (C=O) groups is 1. The maximum Gasteiger partial charge on any atom is 0.407 e. The van der Waals surface area contributed by atoms with Crippen LogP contribution < -0.4 is 10.1 Å². The number of amides is 1. The molecule has 1 heterocycles. The predicted molar refractivity (Wildman–Crippen MR) is 60.3 cm³/mol. The topological polar surface area (TPSA) is 47.6 Å². The first-order valence-electron chi connectivity index (χ1n) is 5.03. The minimum atomic E-state index is -0.357. The van der Waals surface area contributed by atoms with Crippen LogP contribution in [0.2, 0.25) is 0 Å². The number of hydrogen-bond donors (Lipinski definition) is 1. The molecule has 1 fully saturated rings. The Hall–Kier alpha value is -1.97. The second-order valence-corrected chi connectivity index (χ2v) is 3.48. The largest absolute Gasteiger partial charge is 0.497 e. The molecule has 1 atom stereocenters. The van der Waals surface area contributed by atoms with Crippen molar-refractivity contribution in [2.24, 2.45) is 0 Å². The maximum absolute atomic E-state index is 10.8. The first-order chi connectivity index (χ1) is 7.78. The molecular weight excluding hydrogens is 206 g/mol. The minimum absolute atomic E-state index is 0.0328. The van der Waals surface area contributed by atoms with E-state index in [1.807, 2.05) is 36.4 Å². The zero-order valence-electron chi connectivity index (χ0n) is 8.97. The van der Waals surface area contributed by atoms with Crippen molar-refractivity contribution in [3.63, 3.8) is 0 Å². The van der Waals surface area contributed by atoms with E-state index in [2.05, 4.69) is 5.32 Å². The minimum Gasteiger partial charge on any atom is -0.497 e. The molecule has 0 radical (unpaired) electrons. The number of benzene rings is 1. The fourth-order valence-electron chi connectivity index (χ4n) is 1.45. The molecule has 0 unspecified atom stereocenters. The molecule has 1 aliphatic rings. The van der Waals surface area contributed by atoms with Gasteiger partial charge in [-0.3, -0.25) is 0 Å². The van der Waals surface area contributed by atoms with Crippen molar-refractivity contribution < 1.29 is 14.3 Å². The highest BCUT2D eigenvalue weighted by Gasteiger charge is 2.18. The highest BCUT2D eigenvalue weighted by Crippen LogP contribution is 2.12. The Morgan fingerprint density at radius 2 is 2.19 bits per heavy atom. The molecule has 4 heteroatoms. The molecule has 4 nitrogen and oxygen atoms in total. The Bertz CT molecular complexity index is 397. The van der Waals surface area contributed by atoms with Crippen LogP contribution in [-0.2, 0) is 4.74 Å². The zero-order valence-corrected chi connectivity index (χ0v) is 8.97. The van der Waals surface area contributed by atoms with Crippen molar-refractivity contribution in [2.45, 2.75) is 6.04 Å². The van der Waals surface area contributed by atoms with E-state index in [-0.39, 0.29) is 12.1 Å². The number of cyclic esters (lactones) is 1. The highest BCUT2D eigenvalue weighted by molar-refractivity contribution is 5.70. The summed E-state index contributed by atoms with van der Waals surface area (Å²) in [5.74, 6) is 0.828. The lowest BCUT2D eigenvalue weighted by Gasteiger charge is -2.01. The van der Waals surface area contributed by atoms with Crippen LogP contribution in [0.1, 0.15) is 5.56 Å². The fraction of sp³-hybridized carbons (Fsp3) is 0.250. The van der Waals surface area contributed by atoms with Gasteiger partial charge in [0.25, 0.3) is 0 Å². The molecule has 1 aromatic rings. The SMILES string of the molecule is COc1ccc(/C=C/[C@H]2COC(=O)N2)cc1. The van der Waals surface area contributed by atoms with Crippen LogP contribution in [0.3, 0.4) is 0 Å². The van der Waals surface area contributed by atoms with Gasteiger partial charge in [-0.25, -0.2) is 4.79 Å². The Morgan fingerprint density at radius 3 is 2.75 bits per heavy atom. The molecule has 0 spiro atoms. The molecule has 1 aliphatic heterocycles. The van der Waals surface area contributed by atoms with Crippen molar-refractivity contribution in [1.82, 2.24) is 5.32 Å². The van der Waals surface area contributed by atoms with Gasteiger partial charge in [0, 0.05) is 0 Å². The van der Waals surface area contributed by atoms with Crippen molar-refractivity contribution in [1.29, 1.82) is 0 Å². The summed E-state index contributed by atoms with van der Waals surface area (Å²) in [6.45, 7) is 0.394. The summed E-state index contributed by atoms with van der Waals surface area (Å²) in [5, 5.41) is 2.67. The number of ether oxygens (including phenoxy) is 2. The van der Waals surface area contributed by atoms with Gasteiger partial charge in [0.15, 0.2) is 0 Å². The predicted octanol–water partition coefficient (Wildman–Crippen LogP) is 1.82. The van der Waals surface area contributed by atoms with E-state index in [1.165, 1.54) is 0 Å². The van der Waals surface area contributed by atoms with Gasteiger partial charge < -0.3 is 14.8 Å². The van der Waals surface area contributed by atoms with Crippen molar-refractivity contribution >= 4 is 12.2 Å². The van der Waals surface area contributed by atoms with E-state index < -0.39 is 0 Å². The van der Waals surface area contributed by atoms with E-state index in [0.717, 1.165) is 11.3 Å². The lowest BCUT2D eigenvalue weighted by Crippen LogP contribution is -2.23. The van der Waals surface area contributed by atoms with Gasteiger partial charge in [0.1, 0.15) is 12.4 Å². The standard InChI is InChI=1S/C12H13NO3/c1-15-11-6-3-9(4-7-11)2-5-10-8-16-12(14)13-10/h2-7,10H,8H2,1H3,(H,13,14)/b5-2+/t10-/m0/s1. The van der Waals surface area contributed by atoms with Gasteiger partial charge in [0.05, 0.1) is 13.2 Å². The summed E-state index contributed by atoms with van der Waals surface area (Å²) in [6.07, 6.45) is 3.50. The van der Waals surface area contributed by atoms with Gasteiger partial charge in [-0.15, -0.1) is 0 Å². The van der Waals surface area contributed by atoms with Gasteiger partial charge in [-0.05, 0) is 17.7 Å². The van der Waals surface area contributed by atoms with E-state index in [0.29, 0.717) is 6.61 Å². The number of alkyl carbamates (subject to hydrolysis) is 1. The van der Waals surface area contributed by atoms with Crippen LogP contribution >= 0.6 is 0 Å². The first kappa shape index (κ1) is 10.5. The lowest BCUT2D eigenvalue weighted by atomic mass is 10.2. The van der Waals surface area contributed by atoms with Crippen LogP contribution in [0.5, 0.6) is 5.75 Å². The highest BCUT2D eigenvalue weighted by atomic mass is 16.6. The molecule has 84 valence electrons. The summed E-state index contributed by atoms with van der Waals surface area (Å²) < 4.78 is 9.83. The van der Waals surface area contributed by atoms with Gasteiger partial charge in [-0.2, -0.15) is 0 Å². The monoisotopic (exact) mass is 219 g/mol. The summed E-state index contributed by atoms with van der Waals surface area (Å²) in [4.78, 5) is 10.8. The fourth-order valence-corrected chi connectivity index (χ4v) is 1.45. The summed E-state index contributed by atoms with van der Waals surface area (Å²) in [6, 6.07) is 7.65. The molecule has 1 aromatic carbocycles. The average molecular weight is 219 g/mol. The Kier molecular flexibility index (Phi) is 3.10. The molecule has 0 aromatic heterocycles. The number of carbonyl (C=O) groups excluding carboxylic acids is 1. The van der Waals surface area contributed by atoms with Crippen molar-refractivity contribution in [3.05, 3.63) is 35.9 Å². The quantitative estimate of drug-likeness (QED) is 0.843. The third-order valence-corrected chi connectivity index (χ3v) is 2.33. The summed E-state index contributed by atoms with van der Waals surface area (Å²) >= 11 is 0. The molecule has 2 rings (SSSR count). The molecular formula is C12H13NO3. The summed E-state index contributed by atoms with van der Waals surface area (Å²) in [5.41, 5.74) is 1.06. The van der Waals surface area contributed by atoms with Crippen LogP contribution in [0.25, 0.3) is 6.08 Å². The molecule has 0 aliphatic carbocycles. The van der Waals surface area contributed by atoms with Crippen LogP contribution in [0, 0.1) is 0 Å². The van der Waals surface area contributed by atoms with E-state index in [4.69, 9.17) is 9.47 Å². The smallest absolute Gasteiger partial charge is 0.407 e. The molecule has 1 saturated heterocycles. The Morgan fingerprint density at radius 1 is 1.44 bits per heavy atom.